The third kappa shape index (κ3) is 2.86. The Morgan fingerprint density at radius 1 is 1.47 bits per heavy atom. The van der Waals surface area contributed by atoms with Crippen LogP contribution in [-0.2, 0) is 4.79 Å². The molecule has 92 valence electrons. The van der Waals surface area contributed by atoms with Crippen molar-refractivity contribution in [2.45, 2.75) is 12.0 Å². The molecular weight excluding hydrogens is 260 g/mol. The van der Waals surface area contributed by atoms with Gasteiger partial charge in [-0.05, 0) is 24.3 Å². The number of para-hydroxylation sites is 1. The standard InChI is InChI=1S/C11H13ClN2O2S/c12-8-3-1-2-4-9(8)13-14-10(15)11(16)5-6-17-7-11/h1-4,13,16H,5-7H2,(H,14,15). The first kappa shape index (κ1) is 12.5. The second-order valence-corrected chi connectivity index (χ2v) is 5.41. The fourth-order valence-electron chi connectivity index (χ4n) is 1.54. The van der Waals surface area contributed by atoms with Crippen LogP contribution in [0.15, 0.2) is 24.3 Å². The Balaban J connectivity index is 1.94. The van der Waals surface area contributed by atoms with Crippen LogP contribution in [0.1, 0.15) is 6.42 Å². The number of halogens is 1. The van der Waals surface area contributed by atoms with Crippen LogP contribution in [0.3, 0.4) is 0 Å². The van der Waals surface area contributed by atoms with Crippen molar-refractivity contribution >= 4 is 35.0 Å². The molecule has 1 aromatic carbocycles. The van der Waals surface area contributed by atoms with E-state index in [1.807, 2.05) is 0 Å². The molecule has 3 N–H and O–H groups in total. The average molecular weight is 273 g/mol. The molecule has 0 radical (unpaired) electrons. The van der Waals surface area contributed by atoms with E-state index in [1.165, 1.54) is 0 Å². The molecule has 0 saturated carbocycles. The lowest BCUT2D eigenvalue weighted by molar-refractivity contribution is -0.136. The quantitative estimate of drug-likeness (QED) is 0.733. The largest absolute Gasteiger partial charge is 0.379 e. The number of anilines is 1. The van der Waals surface area contributed by atoms with Gasteiger partial charge in [0.25, 0.3) is 5.91 Å². The molecular formula is C11H13ClN2O2S. The van der Waals surface area contributed by atoms with E-state index in [9.17, 15) is 9.90 Å². The van der Waals surface area contributed by atoms with E-state index < -0.39 is 11.5 Å². The second kappa shape index (κ2) is 5.16. The molecule has 1 aliphatic rings. The summed E-state index contributed by atoms with van der Waals surface area (Å²) in [4.78, 5) is 11.8. The first-order valence-corrected chi connectivity index (χ1v) is 6.76. The fraction of sp³-hybridized carbons (Fsp3) is 0.364. The summed E-state index contributed by atoms with van der Waals surface area (Å²) < 4.78 is 0. The Hall–Kier alpha value is -0.910. The number of hydrogen-bond acceptors (Lipinski definition) is 4. The number of nitrogens with one attached hydrogen (secondary N) is 2. The molecule has 1 heterocycles. The molecule has 1 saturated heterocycles. The summed E-state index contributed by atoms with van der Waals surface area (Å²) in [7, 11) is 0. The zero-order valence-corrected chi connectivity index (χ0v) is 10.6. The van der Waals surface area contributed by atoms with Crippen LogP contribution in [0.4, 0.5) is 5.69 Å². The number of thioether (sulfide) groups is 1. The monoisotopic (exact) mass is 272 g/mol. The maximum absolute atomic E-state index is 11.8. The number of amides is 1. The van der Waals surface area contributed by atoms with Crippen molar-refractivity contribution in [3.05, 3.63) is 29.3 Å². The molecule has 0 bridgehead atoms. The van der Waals surface area contributed by atoms with E-state index in [4.69, 9.17) is 11.6 Å². The number of carbonyl (C=O) groups is 1. The van der Waals surface area contributed by atoms with Crippen molar-refractivity contribution in [2.24, 2.45) is 0 Å². The maximum Gasteiger partial charge on any atom is 0.271 e. The van der Waals surface area contributed by atoms with Crippen molar-refractivity contribution in [1.82, 2.24) is 5.43 Å². The number of hydrogen-bond donors (Lipinski definition) is 3. The normalized spacial score (nSPS) is 23.4. The van der Waals surface area contributed by atoms with Gasteiger partial charge in [0.2, 0.25) is 0 Å². The topological polar surface area (TPSA) is 61.4 Å². The van der Waals surface area contributed by atoms with Gasteiger partial charge in [-0.25, -0.2) is 0 Å². The van der Waals surface area contributed by atoms with E-state index in [0.717, 1.165) is 5.75 Å². The van der Waals surface area contributed by atoms with E-state index in [1.54, 1.807) is 36.0 Å². The van der Waals surface area contributed by atoms with Gasteiger partial charge in [0.1, 0.15) is 0 Å². The van der Waals surface area contributed by atoms with Crippen LogP contribution >= 0.6 is 23.4 Å². The van der Waals surface area contributed by atoms with E-state index in [0.29, 0.717) is 22.9 Å². The number of rotatable bonds is 3. The predicted octanol–water partition coefficient (Wildman–Crippen LogP) is 1.65. The van der Waals surface area contributed by atoms with Crippen molar-refractivity contribution in [2.75, 3.05) is 16.9 Å². The molecule has 0 aliphatic carbocycles. The Morgan fingerprint density at radius 2 is 2.24 bits per heavy atom. The molecule has 2 rings (SSSR count). The molecule has 1 amide bonds. The van der Waals surface area contributed by atoms with Crippen LogP contribution in [0.2, 0.25) is 5.02 Å². The highest BCUT2D eigenvalue weighted by atomic mass is 35.5. The minimum atomic E-state index is -1.26. The molecule has 1 aliphatic heterocycles. The lowest BCUT2D eigenvalue weighted by atomic mass is 10.0. The summed E-state index contributed by atoms with van der Waals surface area (Å²) in [6.07, 6.45) is 0.480. The maximum atomic E-state index is 11.8. The number of aliphatic hydroxyl groups is 1. The summed E-state index contributed by atoms with van der Waals surface area (Å²) in [5, 5.41) is 10.5. The molecule has 1 unspecified atom stereocenters. The van der Waals surface area contributed by atoms with Crippen molar-refractivity contribution in [3.63, 3.8) is 0 Å². The molecule has 4 nitrogen and oxygen atoms in total. The predicted molar refractivity (Wildman–Crippen MR) is 70.1 cm³/mol. The Morgan fingerprint density at radius 3 is 2.88 bits per heavy atom. The number of benzene rings is 1. The van der Waals surface area contributed by atoms with Gasteiger partial charge in [-0.2, -0.15) is 11.8 Å². The third-order valence-corrected chi connectivity index (χ3v) is 4.11. The van der Waals surface area contributed by atoms with Crippen LogP contribution in [0.25, 0.3) is 0 Å². The van der Waals surface area contributed by atoms with Crippen LogP contribution in [0.5, 0.6) is 0 Å². The summed E-state index contributed by atoms with van der Waals surface area (Å²) in [6, 6.07) is 7.07. The zero-order valence-electron chi connectivity index (χ0n) is 9.07. The fourth-order valence-corrected chi connectivity index (χ4v) is 2.96. The van der Waals surface area contributed by atoms with E-state index in [-0.39, 0.29) is 0 Å². The molecule has 17 heavy (non-hydrogen) atoms. The Kier molecular flexibility index (Phi) is 3.81. The SMILES string of the molecule is O=C(NNc1ccccc1Cl)C1(O)CCSC1. The summed E-state index contributed by atoms with van der Waals surface area (Å²) in [5.74, 6) is 0.821. The van der Waals surface area contributed by atoms with Gasteiger partial charge in [0.05, 0.1) is 10.7 Å². The van der Waals surface area contributed by atoms with Crippen molar-refractivity contribution in [3.8, 4) is 0 Å². The third-order valence-electron chi connectivity index (χ3n) is 2.61. The van der Waals surface area contributed by atoms with Gasteiger partial charge >= 0.3 is 0 Å². The van der Waals surface area contributed by atoms with Gasteiger partial charge in [-0.1, -0.05) is 23.7 Å². The highest BCUT2D eigenvalue weighted by molar-refractivity contribution is 7.99. The van der Waals surface area contributed by atoms with Gasteiger partial charge in [-0.15, -0.1) is 0 Å². The van der Waals surface area contributed by atoms with Gasteiger partial charge in [-0.3, -0.25) is 15.6 Å². The average Bonchev–Trinajstić information content (AvgIpc) is 2.76. The van der Waals surface area contributed by atoms with Gasteiger partial charge in [0.15, 0.2) is 5.60 Å². The molecule has 0 aromatic heterocycles. The first-order valence-electron chi connectivity index (χ1n) is 5.23. The molecule has 1 aromatic rings. The molecule has 0 spiro atoms. The minimum absolute atomic E-state index is 0.414. The summed E-state index contributed by atoms with van der Waals surface area (Å²) >= 11 is 7.49. The van der Waals surface area contributed by atoms with E-state index >= 15 is 0 Å². The van der Waals surface area contributed by atoms with Crippen molar-refractivity contribution < 1.29 is 9.90 Å². The van der Waals surface area contributed by atoms with Gasteiger partial charge in [0, 0.05) is 5.75 Å². The summed E-state index contributed by atoms with van der Waals surface area (Å²) in [6.45, 7) is 0. The van der Waals surface area contributed by atoms with Crippen LogP contribution < -0.4 is 10.9 Å². The van der Waals surface area contributed by atoms with E-state index in [2.05, 4.69) is 10.9 Å². The second-order valence-electron chi connectivity index (χ2n) is 3.89. The smallest absolute Gasteiger partial charge is 0.271 e. The van der Waals surface area contributed by atoms with Crippen molar-refractivity contribution in [1.29, 1.82) is 0 Å². The highest BCUT2D eigenvalue weighted by Crippen LogP contribution is 2.28. The molecule has 1 fully saturated rings. The van der Waals surface area contributed by atoms with Crippen LogP contribution in [-0.4, -0.2) is 28.1 Å². The Bertz CT molecular complexity index is 422. The lowest BCUT2D eigenvalue weighted by Crippen LogP contribution is -2.48. The Labute approximate surface area is 109 Å². The number of hydrazine groups is 1. The zero-order chi connectivity index (χ0) is 12.3. The number of carbonyl (C=O) groups excluding carboxylic acids is 1. The molecule has 6 heteroatoms. The lowest BCUT2D eigenvalue weighted by Gasteiger charge is -2.21. The van der Waals surface area contributed by atoms with Gasteiger partial charge < -0.3 is 5.11 Å². The molecule has 1 atom stereocenters. The summed E-state index contributed by atoms with van der Waals surface area (Å²) in [5.41, 5.74) is 4.54. The highest BCUT2D eigenvalue weighted by Gasteiger charge is 2.39. The minimum Gasteiger partial charge on any atom is -0.379 e. The van der Waals surface area contributed by atoms with Crippen LogP contribution in [0, 0.1) is 0 Å². The first-order chi connectivity index (χ1) is 8.12.